The Hall–Kier alpha value is -1.56. The molecule has 21 heavy (non-hydrogen) atoms. The van der Waals surface area contributed by atoms with Crippen LogP contribution >= 0.6 is 0 Å². The summed E-state index contributed by atoms with van der Waals surface area (Å²) in [7, 11) is 0. The molecule has 2 rings (SSSR count). The summed E-state index contributed by atoms with van der Waals surface area (Å²) in [6.45, 7) is 9.26. The van der Waals surface area contributed by atoms with Crippen LogP contribution in [0.1, 0.15) is 46.2 Å². The van der Waals surface area contributed by atoms with E-state index < -0.39 is 5.60 Å². The first-order valence-corrected chi connectivity index (χ1v) is 7.58. The fraction of sp³-hybridized carbons (Fsp3) is 0.733. The monoisotopic (exact) mass is 294 g/mol. The zero-order valence-corrected chi connectivity index (χ0v) is 13.3. The highest BCUT2D eigenvalue weighted by Crippen LogP contribution is 2.21. The Morgan fingerprint density at radius 2 is 2.33 bits per heavy atom. The van der Waals surface area contributed by atoms with Gasteiger partial charge in [0.25, 0.3) is 0 Å². The molecule has 0 aliphatic carbocycles. The predicted octanol–water partition coefficient (Wildman–Crippen LogP) is 2.29. The quantitative estimate of drug-likeness (QED) is 0.897. The largest absolute Gasteiger partial charge is 0.444 e. The number of aromatic nitrogens is 2. The van der Waals surface area contributed by atoms with Crippen LogP contribution in [0.4, 0.5) is 4.79 Å². The molecule has 1 amide bonds. The van der Waals surface area contributed by atoms with Gasteiger partial charge in [-0.15, -0.1) is 0 Å². The lowest BCUT2D eigenvalue weighted by molar-refractivity contribution is 0.00697. The van der Waals surface area contributed by atoms with Gasteiger partial charge in [-0.2, -0.15) is 5.10 Å². The van der Waals surface area contributed by atoms with Crippen LogP contribution in [0.25, 0.3) is 0 Å². The maximum Gasteiger partial charge on any atom is 0.410 e. The van der Waals surface area contributed by atoms with E-state index in [1.807, 2.05) is 31.7 Å². The second kappa shape index (κ2) is 6.47. The molecule has 2 heterocycles. The third-order valence-electron chi connectivity index (χ3n) is 3.73. The molecule has 0 aromatic carbocycles. The van der Waals surface area contributed by atoms with E-state index in [1.54, 1.807) is 6.20 Å². The first-order valence-electron chi connectivity index (χ1n) is 7.58. The summed E-state index contributed by atoms with van der Waals surface area (Å²) in [6, 6.07) is 2.35. The Morgan fingerprint density at radius 1 is 1.57 bits per heavy atom. The van der Waals surface area contributed by atoms with Crippen LogP contribution in [-0.4, -0.2) is 45.4 Å². The Morgan fingerprint density at radius 3 is 2.95 bits per heavy atom. The number of nitrogens with zero attached hydrogens (tertiary/aromatic N) is 2. The van der Waals surface area contributed by atoms with Crippen molar-refractivity contribution in [2.24, 2.45) is 0 Å². The van der Waals surface area contributed by atoms with Crippen molar-refractivity contribution < 1.29 is 9.53 Å². The van der Waals surface area contributed by atoms with Crippen LogP contribution in [0.15, 0.2) is 12.3 Å². The van der Waals surface area contributed by atoms with Crippen molar-refractivity contribution in [3.63, 3.8) is 0 Å². The van der Waals surface area contributed by atoms with Crippen LogP contribution in [0.2, 0.25) is 0 Å². The third kappa shape index (κ3) is 4.46. The molecule has 1 aromatic heterocycles. The highest BCUT2D eigenvalue weighted by Gasteiger charge is 2.33. The Kier molecular flexibility index (Phi) is 4.88. The summed E-state index contributed by atoms with van der Waals surface area (Å²) >= 11 is 0. The molecular weight excluding hydrogens is 268 g/mol. The van der Waals surface area contributed by atoms with E-state index in [9.17, 15) is 4.79 Å². The van der Waals surface area contributed by atoms with E-state index in [1.165, 1.54) is 0 Å². The number of rotatable bonds is 3. The molecule has 1 saturated heterocycles. The SMILES string of the molecule is C[C@H]1[C@H](NCc2ccn[nH]2)CCCN1C(=O)OC(C)(C)C. The molecule has 1 aliphatic heterocycles. The average molecular weight is 294 g/mol. The van der Waals surface area contributed by atoms with Crippen molar-refractivity contribution in [1.29, 1.82) is 0 Å². The molecular formula is C15H26N4O2. The molecule has 2 N–H and O–H groups in total. The van der Waals surface area contributed by atoms with Crippen molar-refractivity contribution in [3.8, 4) is 0 Å². The number of aromatic amines is 1. The Bertz CT molecular complexity index is 453. The van der Waals surface area contributed by atoms with Gasteiger partial charge in [0.15, 0.2) is 0 Å². The molecule has 1 fully saturated rings. The molecule has 0 bridgehead atoms. The Labute approximate surface area is 126 Å². The maximum absolute atomic E-state index is 12.3. The summed E-state index contributed by atoms with van der Waals surface area (Å²) in [4.78, 5) is 14.1. The first kappa shape index (κ1) is 15.8. The standard InChI is InChI=1S/C15H26N4O2/c1-11-13(16-10-12-7-8-17-18-12)6-5-9-19(11)14(20)21-15(2,3)4/h7-8,11,13,16H,5-6,9-10H2,1-4H3,(H,17,18)/t11-,13+/m0/s1. The molecule has 6 nitrogen and oxygen atoms in total. The fourth-order valence-electron chi connectivity index (χ4n) is 2.62. The number of piperidine rings is 1. The van der Waals surface area contributed by atoms with Crippen LogP contribution in [0.5, 0.6) is 0 Å². The van der Waals surface area contributed by atoms with E-state index in [-0.39, 0.29) is 18.2 Å². The number of H-pyrrole nitrogens is 1. The van der Waals surface area contributed by atoms with Crippen LogP contribution < -0.4 is 5.32 Å². The first-order chi connectivity index (χ1) is 9.87. The minimum absolute atomic E-state index is 0.122. The van der Waals surface area contributed by atoms with Crippen LogP contribution in [0.3, 0.4) is 0 Å². The topological polar surface area (TPSA) is 70.2 Å². The number of amides is 1. The van der Waals surface area contributed by atoms with E-state index in [0.717, 1.165) is 31.6 Å². The predicted molar refractivity (Wildman–Crippen MR) is 80.9 cm³/mol. The van der Waals surface area contributed by atoms with Crippen LogP contribution in [0, 0.1) is 0 Å². The molecule has 1 aliphatic rings. The number of carbonyl (C=O) groups is 1. The number of hydrogen-bond acceptors (Lipinski definition) is 4. The Balaban J connectivity index is 1.91. The molecule has 118 valence electrons. The third-order valence-corrected chi connectivity index (χ3v) is 3.73. The molecule has 0 spiro atoms. The molecule has 0 radical (unpaired) electrons. The van der Waals surface area contributed by atoms with Gasteiger partial charge in [0.05, 0.1) is 0 Å². The number of likely N-dealkylation sites (tertiary alicyclic amines) is 1. The second-order valence-corrected chi connectivity index (χ2v) is 6.63. The molecule has 1 aromatic rings. The van der Waals surface area contributed by atoms with E-state index in [4.69, 9.17) is 4.74 Å². The van der Waals surface area contributed by atoms with Crippen LogP contribution in [-0.2, 0) is 11.3 Å². The van der Waals surface area contributed by atoms with E-state index in [2.05, 4.69) is 22.4 Å². The molecule has 6 heteroatoms. The zero-order valence-electron chi connectivity index (χ0n) is 13.3. The minimum atomic E-state index is -0.451. The lowest BCUT2D eigenvalue weighted by Gasteiger charge is -2.40. The van der Waals surface area contributed by atoms with E-state index >= 15 is 0 Å². The van der Waals surface area contributed by atoms with Gasteiger partial charge in [-0.1, -0.05) is 0 Å². The van der Waals surface area contributed by atoms with Crippen molar-refractivity contribution in [2.45, 2.75) is 64.8 Å². The number of nitrogens with one attached hydrogen (secondary N) is 2. The number of ether oxygens (including phenoxy) is 1. The van der Waals surface area contributed by atoms with Gasteiger partial charge < -0.3 is 15.0 Å². The highest BCUT2D eigenvalue weighted by atomic mass is 16.6. The normalized spacial score (nSPS) is 23.1. The van der Waals surface area contributed by atoms with Gasteiger partial charge in [0.1, 0.15) is 5.60 Å². The summed E-state index contributed by atoms with van der Waals surface area (Å²) in [5, 5.41) is 10.4. The maximum atomic E-state index is 12.3. The van der Waals surface area contributed by atoms with Crippen molar-refractivity contribution >= 4 is 6.09 Å². The van der Waals surface area contributed by atoms with Gasteiger partial charge in [0, 0.05) is 37.1 Å². The number of carbonyl (C=O) groups excluding carboxylic acids is 1. The average Bonchev–Trinajstić information content (AvgIpc) is 2.88. The molecule has 2 atom stereocenters. The molecule has 0 unspecified atom stereocenters. The van der Waals surface area contributed by atoms with E-state index in [0.29, 0.717) is 0 Å². The lowest BCUT2D eigenvalue weighted by atomic mass is 9.98. The minimum Gasteiger partial charge on any atom is -0.444 e. The second-order valence-electron chi connectivity index (χ2n) is 6.63. The molecule has 0 saturated carbocycles. The van der Waals surface area contributed by atoms with Gasteiger partial charge in [-0.3, -0.25) is 5.10 Å². The fourth-order valence-corrected chi connectivity index (χ4v) is 2.62. The van der Waals surface area contributed by atoms with Gasteiger partial charge in [0.2, 0.25) is 0 Å². The lowest BCUT2D eigenvalue weighted by Crippen LogP contribution is -2.55. The van der Waals surface area contributed by atoms with Crippen molar-refractivity contribution in [1.82, 2.24) is 20.4 Å². The highest BCUT2D eigenvalue weighted by molar-refractivity contribution is 5.68. The zero-order chi connectivity index (χ0) is 15.5. The van der Waals surface area contributed by atoms with Gasteiger partial charge >= 0.3 is 6.09 Å². The van der Waals surface area contributed by atoms with Crippen molar-refractivity contribution in [3.05, 3.63) is 18.0 Å². The summed E-state index contributed by atoms with van der Waals surface area (Å²) in [6.07, 6.45) is 3.58. The number of hydrogen-bond donors (Lipinski definition) is 2. The summed E-state index contributed by atoms with van der Waals surface area (Å²) in [5.74, 6) is 0. The summed E-state index contributed by atoms with van der Waals surface area (Å²) in [5.41, 5.74) is 0.601. The summed E-state index contributed by atoms with van der Waals surface area (Å²) < 4.78 is 5.49. The smallest absolute Gasteiger partial charge is 0.410 e. The van der Waals surface area contributed by atoms with Crippen molar-refractivity contribution in [2.75, 3.05) is 6.54 Å². The van der Waals surface area contributed by atoms with Gasteiger partial charge in [-0.05, 0) is 46.6 Å². The van der Waals surface area contributed by atoms with Gasteiger partial charge in [-0.25, -0.2) is 4.79 Å².